The minimum Gasteiger partial charge on any atom is -0.338 e. The van der Waals surface area contributed by atoms with E-state index in [1.54, 1.807) is 24.3 Å². The largest absolute Gasteiger partial charge is 0.338 e. The van der Waals surface area contributed by atoms with Crippen molar-refractivity contribution in [2.24, 2.45) is 0 Å². The minimum absolute atomic E-state index is 0.0313. The molecule has 0 spiro atoms. The zero-order chi connectivity index (χ0) is 13.1. The molecule has 0 amide bonds. The van der Waals surface area contributed by atoms with Crippen LogP contribution in [0.2, 0.25) is 0 Å². The van der Waals surface area contributed by atoms with Crippen LogP contribution in [0.5, 0.6) is 0 Å². The number of hydrogen-bond acceptors (Lipinski definition) is 5. The zero-order valence-electron chi connectivity index (χ0n) is 10.0. The number of nitrogens with zero attached hydrogens (tertiary/aromatic N) is 2. The SMILES string of the molecule is CC(=O)c1ccc(Nc2nc(C)sc2C#N)cc1. The normalized spacial score (nSPS) is 9.83. The van der Waals surface area contributed by atoms with Crippen molar-refractivity contribution in [2.75, 3.05) is 5.32 Å². The van der Waals surface area contributed by atoms with Crippen LogP contribution in [0.15, 0.2) is 24.3 Å². The quantitative estimate of drug-likeness (QED) is 0.857. The van der Waals surface area contributed by atoms with E-state index in [9.17, 15) is 4.79 Å². The van der Waals surface area contributed by atoms with E-state index in [-0.39, 0.29) is 5.78 Å². The summed E-state index contributed by atoms with van der Waals surface area (Å²) in [5.41, 5.74) is 1.47. The summed E-state index contributed by atoms with van der Waals surface area (Å²) in [5, 5.41) is 12.9. The third-order valence-corrected chi connectivity index (χ3v) is 3.27. The number of benzene rings is 1. The van der Waals surface area contributed by atoms with Gasteiger partial charge in [-0.25, -0.2) is 4.98 Å². The highest BCUT2D eigenvalue weighted by Gasteiger charge is 2.08. The lowest BCUT2D eigenvalue weighted by Crippen LogP contribution is -1.95. The van der Waals surface area contributed by atoms with Gasteiger partial charge in [0.25, 0.3) is 0 Å². The fourth-order valence-electron chi connectivity index (χ4n) is 1.51. The van der Waals surface area contributed by atoms with E-state index in [0.29, 0.717) is 16.3 Å². The fraction of sp³-hybridized carbons (Fsp3) is 0.154. The summed E-state index contributed by atoms with van der Waals surface area (Å²) in [6, 6.07) is 9.19. The van der Waals surface area contributed by atoms with Crippen molar-refractivity contribution in [3.63, 3.8) is 0 Å². The first kappa shape index (κ1) is 12.3. The number of carbonyl (C=O) groups excluding carboxylic acids is 1. The summed E-state index contributed by atoms with van der Waals surface area (Å²) in [5.74, 6) is 0.597. The lowest BCUT2D eigenvalue weighted by molar-refractivity contribution is 0.101. The predicted molar refractivity (Wildman–Crippen MR) is 71.3 cm³/mol. The van der Waals surface area contributed by atoms with Gasteiger partial charge in [-0.05, 0) is 38.1 Å². The summed E-state index contributed by atoms with van der Waals surface area (Å²) < 4.78 is 0. The topological polar surface area (TPSA) is 65.8 Å². The first-order valence-corrected chi connectivity index (χ1v) is 6.17. The van der Waals surface area contributed by atoms with Crippen LogP contribution in [0.4, 0.5) is 11.5 Å². The van der Waals surface area contributed by atoms with E-state index in [1.807, 2.05) is 6.92 Å². The Bertz CT molecular complexity index is 623. The second-order valence-corrected chi connectivity index (χ2v) is 4.98. The smallest absolute Gasteiger partial charge is 0.159 e. The standard InChI is InChI=1S/C13H11N3OS/c1-8(17)10-3-5-11(6-4-10)16-13-12(7-14)18-9(2)15-13/h3-6,16H,1-2H3. The maximum absolute atomic E-state index is 11.1. The molecule has 0 radical (unpaired) electrons. The van der Waals surface area contributed by atoms with Crippen LogP contribution in [0.25, 0.3) is 0 Å². The van der Waals surface area contributed by atoms with E-state index in [0.717, 1.165) is 10.7 Å². The lowest BCUT2D eigenvalue weighted by Gasteiger charge is -2.04. The van der Waals surface area contributed by atoms with Gasteiger partial charge in [0.15, 0.2) is 11.6 Å². The van der Waals surface area contributed by atoms with Crippen molar-refractivity contribution < 1.29 is 4.79 Å². The number of anilines is 2. The number of nitrogens with one attached hydrogen (secondary N) is 1. The molecule has 4 nitrogen and oxygen atoms in total. The summed E-state index contributed by atoms with van der Waals surface area (Å²) in [4.78, 5) is 16.0. The molecule has 1 N–H and O–H groups in total. The Kier molecular flexibility index (Phi) is 3.40. The Morgan fingerprint density at radius 1 is 1.39 bits per heavy atom. The summed E-state index contributed by atoms with van der Waals surface area (Å²) in [6.07, 6.45) is 0. The Balaban J connectivity index is 2.24. The number of rotatable bonds is 3. The number of thiazole rings is 1. The first-order chi connectivity index (χ1) is 8.60. The molecule has 0 aliphatic rings. The summed E-state index contributed by atoms with van der Waals surface area (Å²) in [7, 11) is 0. The number of aryl methyl sites for hydroxylation is 1. The summed E-state index contributed by atoms with van der Waals surface area (Å²) in [6.45, 7) is 3.38. The maximum atomic E-state index is 11.1. The van der Waals surface area contributed by atoms with Crippen LogP contribution in [0.1, 0.15) is 27.2 Å². The summed E-state index contributed by atoms with van der Waals surface area (Å²) >= 11 is 1.35. The van der Waals surface area contributed by atoms with E-state index < -0.39 is 0 Å². The zero-order valence-corrected chi connectivity index (χ0v) is 10.8. The molecule has 0 saturated carbocycles. The molecular weight excluding hydrogens is 246 g/mol. The molecule has 5 heteroatoms. The van der Waals surface area contributed by atoms with Crippen molar-refractivity contribution in [3.8, 4) is 6.07 Å². The van der Waals surface area contributed by atoms with Crippen LogP contribution in [-0.4, -0.2) is 10.8 Å². The number of carbonyl (C=O) groups is 1. The van der Waals surface area contributed by atoms with Gasteiger partial charge in [0.2, 0.25) is 0 Å². The Morgan fingerprint density at radius 2 is 2.06 bits per heavy atom. The number of aromatic nitrogens is 1. The molecule has 90 valence electrons. The van der Waals surface area contributed by atoms with Crippen molar-refractivity contribution in [2.45, 2.75) is 13.8 Å². The van der Waals surface area contributed by atoms with Crippen LogP contribution in [-0.2, 0) is 0 Å². The lowest BCUT2D eigenvalue weighted by atomic mass is 10.1. The van der Waals surface area contributed by atoms with Crippen LogP contribution < -0.4 is 5.32 Å². The Morgan fingerprint density at radius 3 is 2.61 bits per heavy atom. The van der Waals surface area contributed by atoms with Crippen LogP contribution >= 0.6 is 11.3 Å². The number of nitriles is 1. The highest BCUT2D eigenvalue weighted by Crippen LogP contribution is 2.25. The highest BCUT2D eigenvalue weighted by molar-refractivity contribution is 7.12. The molecule has 0 fully saturated rings. The molecule has 0 unspecified atom stereocenters. The Hall–Kier alpha value is -2.19. The van der Waals surface area contributed by atoms with Crippen LogP contribution in [0, 0.1) is 18.3 Å². The van der Waals surface area contributed by atoms with E-state index >= 15 is 0 Å². The number of hydrogen-bond donors (Lipinski definition) is 1. The van der Waals surface area contributed by atoms with Gasteiger partial charge in [-0.1, -0.05) is 0 Å². The number of Topliss-reactive ketones (excluding diaryl/α,β-unsaturated/α-hetero) is 1. The van der Waals surface area contributed by atoms with E-state index in [4.69, 9.17) is 5.26 Å². The van der Waals surface area contributed by atoms with Gasteiger partial charge >= 0.3 is 0 Å². The van der Waals surface area contributed by atoms with Gasteiger partial charge in [0.1, 0.15) is 10.9 Å². The monoisotopic (exact) mass is 257 g/mol. The van der Waals surface area contributed by atoms with E-state index in [1.165, 1.54) is 18.3 Å². The molecule has 2 rings (SSSR count). The molecule has 0 atom stereocenters. The predicted octanol–water partition coefficient (Wildman–Crippen LogP) is 3.27. The number of ketones is 1. The molecule has 0 saturated heterocycles. The minimum atomic E-state index is 0.0313. The van der Waals surface area contributed by atoms with E-state index in [2.05, 4.69) is 16.4 Å². The average Bonchev–Trinajstić information content (AvgIpc) is 2.70. The Labute approximate surface area is 109 Å². The van der Waals surface area contributed by atoms with Crippen molar-refractivity contribution >= 4 is 28.6 Å². The molecule has 0 aliphatic heterocycles. The first-order valence-electron chi connectivity index (χ1n) is 5.35. The third-order valence-electron chi connectivity index (χ3n) is 2.39. The second kappa shape index (κ2) is 4.98. The molecule has 18 heavy (non-hydrogen) atoms. The van der Waals surface area contributed by atoms with Crippen LogP contribution in [0.3, 0.4) is 0 Å². The molecule has 1 aromatic carbocycles. The van der Waals surface area contributed by atoms with Gasteiger partial charge in [0.05, 0.1) is 5.01 Å². The highest BCUT2D eigenvalue weighted by atomic mass is 32.1. The molecular formula is C13H11N3OS. The fourth-order valence-corrected chi connectivity index (χ4v) is 2.18. The van der Waals surface area contributed by atoms with Crippen molar-refractivity contribution in [1.29, 1.82) is 5.26 Å². The van der Waals surface area contributed by atoms with Gasteiger partial charge < -0.3 is 5.32 Å². The van der Waals surface area contributed by atoms with Gasteiger partial charge in [-0.2, -0.15) is 5.26 Å². The molecule has 1 aromatic heterocycles. The third kappa shape index (κ3) is 2.55. The molecule has 2 aromatic rings. The molecule has 0 aliphatic carbocycles. The average molecular weight is 257 g/mol. The molecule has 0 bridgehead atoms. The molecule has 1 heterocycles. The van der Waals surface area contributed by atoms with Gasteiger partial charge in [-0.15, -0.1) is 11.3 Å². The van der Waals surface area contributed by atoms with Crippen molar-refractivity contribution in [3.05, 3.63) is 39.7 Å². The van der Waals surface area contributed by atoms with Gasteiger partial charge in [0, 0.05) is 11.3 Å². The van der Waals surface area contributed by atoms with Crippen molar-refractivity contribution in [1.82, 2.24) is 4.98 Å². The maximum Gasteiger partial charge on any atom is 0.159 e. The second-order valence-electron chi connectivity index (χ2n) is 3.78. The van der Waals surface area contributed by atoms with Gasteiger partial charge in [-0.3, -0.25) is 4.79 Å².